The van der Waals surface area contributed by atoms with E-state index < -0.39 is 36.7 Å². The minimum absolute atomic E-state index is 0.129. The molecule has 3 aromatic heterocycles. The molecule has 0 spiro atoms. The van der Waals surface area contributed by atoms with Crippen LogP contribution in [0.3, 0.4) is 0 Å². The number of nitrogens with one attached hydrogen (secondary N) is 3. The van der Waals surface area contributed by atoms with E-state index in [4.69, 9.17) is 9.47 Å². The summed E-state index contributed by atoms with van der Waals surface area (Å²) in [7, 11) is 0. The lowest BCUT2D eigenvalue weighted by atomic mass is 10.1. The molecular formula is C19H19F4N7O4. The van der Waals surface area contributed by atoms with E-state index in [-0.39, 0.29) is 35.0 Å². The smallest absolute Gasteiger partial charge is 0.441 e. The minimum atomic E-state index is -4.89. The van der Waals surface area contributed by atoms with Crippen molar-refractivity contribution in [1.29, 1.82) is 0 Å². The van der Waals surface area contributed by atoms with E-state index in [1.54, 1.807) is 0 Å². The summed E-state index contributed by atoms with van der Waals surface area (Å²) in [6, 6.07) is 2.52. The first kappa shape index (κ1) is 22.2. The average Bonchev–Trinajstić information content (AvgIpc) is 3.10. The molecule has 5 rings (SSSR count). The second-order valence-corrected chi connectivity index (χ2v) is 8.30. The fourth-order valence-electron chi connectivity index (χ4n) is 3.50. The monoisotopic (exact) mass is 485 g/mol. The highest BCUT2D eigenvalue weighted by Crippen LogP contribution is 2.36. The van der Waals surface area contributed by atoms with Crippen LogP contribution < -0.4 is 15.4 Å². The predicted octanol–water partition coefficient (Wildman–Crippen LogP) is 3.15. The van der Waals surface area contributed by atoms with Gasteiger partial charge in [-0.25, -0.2) is 18.7 Å². The second-order valence-electron chi connectivity index (χ2n) is 8.30. The summed E-state index contributed by atoms with van der Waals surface area (Å²) in [6.07, 6.45) is -5.01. The van der Waals surface area contributed by atoms with Crippen LogP contribution in [-0.2, 0) is 9.47 Å². The Morgan fingerprint density at radius 3 is 2.88 bits per heavy atom. The van der Waals surface area contributed by atoms with Gasteiger partial charge in [-0.05, 0) is 19.8 Å². The zero-order valence-electron chi connectivity index (χ0n) is 17.6. The fourth-order valence-corrected chi connectivity index (χ4v) is 3.50. The molecule has 1 saturated heterocycles. The van der Waals surface area contributed by atoms with Gasteiger partial charge in [0.1, 0.15) is 11.6 Å². The Morgan fingerprint density at radius 2 is 2.15 bits per heavy atom. The molecule has 2 aliphatic rings. The molecule has 11 nitrogen and oxygen atoms in total. The van der Waals surface area contributed by atoms with E-state index in [1.165, 1.54) is 18.5 Å². The zero-order chi connectivity index (χ0) is 24.1. The van der Waals surface area contributed by atoms with Gasteiger partial charge < -0.3 is 24.8 Å². The van der Waals surface area contributed by atoms with Crippen molar-refractivity contribution in [3.63, 3.8) is 0 Å². The molecule has 4 heterocycles. The molecule has 0 bridgehead atoms. The highest BCUT2D eigenvalue weighted by molar-refractivity contribution is 5.73. The Balaban J connectivity index is 1.25. The number of carbonyl (C=O) groups excluding carboxylic acids is 1. The number of aromatic amines is 1. The van der Waals surface area contributed by atoms with Gasteiger partial charge in [-0.1, -0.05) is 0 Å². The summed E-state index contributed by atoms with van der Waals surface area (Å²) in [5.41, 5.74) is 0.172. The van der Waals surface area contributed by atoms with Crippen LogP contribution in [0.25, 0.3) is 5.52 Å². The van der Waals surface area contributed by atoms with Crippen molar-refractivity contribution in [2.75, 3.05) is 11.9 Å². The van der Waals surface area contributed by atoms with Gasteiger partial charge in [-0.3, -0.25) is 5.10 Å². The fraction of sp³-hybridized carbons (Fsp3) is 0.474. The van der Waals surface area contributed by atoms with Crippen LogP contribution in [0.1, 0.15) is 31.6 Å². The number of alkyl halides is 4. The van der Waals surface area contributed by atoms with Crippen LogP contribution >= 0.6 is 0 Å². The summed E-state index contributed by atoms with van der Waals surface area (Å²) in [5.74, 6) is -0.313. The minimum Gasteiger partial charge on any atom is -0.441 e. The number of aromatic nitrogens is 5. The van der Waals surface area contributed by atoms with E-state index in [0.717, 1.165) is 23.4 Å². The Morgan fingerprint density at radius 1 is 1.35 bits per heavy atom. The van der Waals surface area contributed by atoms with Crippen molar-refractivity contribution in [1.82, 2.24) is 30.1 Å². The summed E-state index contributed by atoms with van der Waals surface area (Å²) < 4.78 is 68.0. The summed E-state index contributed by atoms with van der Waals surface area (Å²) in [4.78, 5) is 16.0. The third kappa shape index (κ3) is 4.69. The molecule has 3 N–H and O–H groups in total. The highest BCUT2D eigenvalue weighted by atomic mass is 19.4. The molecule has 0 aromatic carbocycles. The molecule has 2 fully saturated rings. The lowest BCUT2D eigenvalue weighted by Gasteiger charge is -2.17. The lowest BCUT2D eigenvalue weighted by molar-refractivity contribution is -0.276. The largest absolute Gasteiger partial charge is 0.574 e. The van der Waals surface area contributed by atoms with Crippen molar-refractivity contribution in [3.8, 4) is 5.88 Å². The number of rotatable bonds is 6. The van der Waals surface area contributed by atoms with Crippen molar-refractivity contribution >= 4 is 23.2 Å². The van der Waals surface area contributed by atoms with Gasteiger partial charge in [0.25, 0.3) is 0 Å². The molecule has 0 unspecified atom stereocenters. The van der Waals surface area contributed by atoms with E-state index in [2.05, 4.69) is 35.7 Å². The van der Waals surface area contributed by atoms with Gasteiger partial charge >= 0.3 is 12.5 Å². The van der Waals surface area contributed by atoms with E-state index in [1.807, 2.05) is 6.92 Å². The summed E-state index contributed by atoms with van der Waals surface area (Å²) in [6.45, 7) is 1.74. The van der Waals surface area contributed by atoms with E-state index >= 15 is 0 Å². The summed E-state index contributed by atoms with van der Waals surface area (Å²) in [5, 5.41) is 15.9. The quantitative estimate of drug-likeness (QED) is 0.455. The molecule has 3 aromatic rings. The number of fused-ring (bicyclic) bond motifs is 1. The Labute approximate surface area is 188 Å². The zero-order valence-corrected chi connectivity index (χ0v) is 17.6. The first-order valence-corrected chi connectivity index (χ1v) is 10.3. The number of carbonyl (C=O) groups is 1. The molecule has 1 aliphatic heterocycles. The van der Waals surface area contributed by atoms with Crippen LogP contribution in [0.2, 0.25) is 0 Å². The number of H-pyrrole nitrogens is 1. The topological polar surface area (TPSA) is 128 Å². The Hall–Kier alpha value is -3.62. The SMILES string of the molecule is CC1(NC(=O)O[C@H]2CO[C@@H](c3cc(Nc4nccn5nc(OC(F)(F)F)cc45)n[nH]3)[C@H]2F)CC1. The molecule has 1 saturated carbocycles. The van der Waals surface area contributed by atoms with Crippen molar-refractivity contribution in [2.24, 2.45) is 0 Å². The maximum Gasteiger partial charge on any atom is 0.574 e. The maximum absolute atomic E-state index is 14.9. The molecule has 1 amide bonds. The van der Waals surface area contributed by atoms with Crippen molar-refractivity contribution < 1.29 is 36.6 Å². The maximum atomic E-state index is 14.9. The Kier molecular flexibility index (Phi) is 5.22. The van der Waals surface area contributed by atoms with Gasteiger partial charge in [-0.2, -0.15) is 5.10 Å². The number of nitrogens with zero attached hydrogens (tertiary/aromatic N) is 4. The van der Waals surface area contributed by atoms with Gasteiger partial charge in [-0.15, -0.1) is 18.3 Å². The molecule has 15 heteroatoms. The third-order valence-electron chi connectivity index (χ3n) is 5.49. The number of ether oxygens (including phenoxy) is 3. The van der Waals surface area contributed by atoms with Gasteiger partial charge in [0.05, 0.1) is 12.3 Å². The molecule has 1 aliphatic carbocycles. The van der Waals surface area contributed by atoms with Crippen LogP contribution in [0.4, 0.5) is 34.0 Å². The average molecular weight is 485 g/mol. The van der Waals surface area contributed by atoms with E-state index in [0.29, 0.717) is 0 Å². The highest BCUT2D eigenvalue weighted by Gasteiger charge is 2.44. The predicted molar refractivity (Wildman–Crippen MR) is 106 cm³/mol. The normalized spacial score (nSPS) is 23.6. The summed E-state index contributed by atoms with van der Waals surface area (Å²) >= 11 is 0. The number of hydrogen-bond donors (Lipinski definition) is 3. The van der Waals surface area contributed by atoms with Crippen LogP contribution in [0, 0.1) is 0 Å². The third-order valence-corrected chi connectivity index (χ3v) is 5.49. The van der Waals surface area contributed by atoms with Gasteiger partial charge in [0.2, 0.25) is 5.88 Å². The number of halogens is 4. The first-order chi connectivity index (χ1) is 16.1. The number of hydrogen-bond acceptors (Lipinski definition) is 8. The lowest BCUT2D eigenvalue weighted by Crippen LogP contribution is -2.39. The number of amides is 1. The Bertz CT molecular complexity index is 1210. The number of anilines is 2. The number of alkyl carbamates (subject to hydrolysis) is 1. The molecule has 34 heavy (non-hydrogen) atoms. The van der Waals surface area contributed by atoms with Gasteiger partial charge in [0, 0.05) is 30.1 Å². The molecular weight excluding hydrogens is 466 g/mol. The standard InChI is InChI=1S/C19H19F4N7O4/c1-18(2-3-18)26-17(31)33-11-8-32-15(14(11)20)9-6-12(28-27-9)25-16-10-7-13(34-19(21,22)23)29-30(10)5-4-24-16/h4-7,11,14-15H,2-3,8H2,1H3,(H,26,31)(H2,24,25,27,28)/t11-,14-,15-/m0/s1. The first-order valence-electron chi connectivity index (χ1n) is 10.3. The van der Waals surface area contributed by atoms with Crippen molar-refractivity contribution in [3.05, 3.63) is 30.2 Å². The van der Waals surface area contributed by atoms with E-state index in [9.17, 15) is 22.4 Å². The van der Waals surface area contributed by atoms with Crippen LogP contribution in [0.5, 0.6) is 5.88 Å². The van der Waals surface area contributed by atoms with Crippen molar-refractivity contribution in [2.45, 2.75) is 50.0 Å². The molecule has 3 atom stereocenters. The van der Waals surface area contributed by atoms with Crippen LogP contribution in [0.15, 0.2) is 24.5 Å². The second kappa shape index (κ2) is 8.00. The van der Waals surface area contributed by atoms with Gasteiger partial charge in [0.15, 0.2) is 23.9 Å². The molecule has 182 valence electrons. The molecule has 0 radical (unpaired) electrons. The van der Waals surface area contributed by atoms with Crippen LogP contribution in [-0.4, -0.2) is 61.7 Å².